The Morgan fingerprint density at radius 2 is 1.67 bits per heavy atom. The van der Waals surface area contributed by atoms with Gasteiger partial charge in [0.1, 0.15) is 0 Å². The van der Waals surface area contributed by atoms with Gasteiger partial charge in [0, 0.05) is 5.92 Å². The van der Waals surface area contributed by atoms with E-state index in [4.69, 9.17) is 9.31 Å². The van der Waals surface area contributed by atoms with Crippen LogP contribution in [0.4, 0.5) is 0 Å². The maximum absolute atomic E-state index is 10.1. The molecule has 3 atom stereocenters. The van der Waals surface area contributed by atoms with E-state index in [1.54, 1.807) is 0 Å². The Morgan fingerprint density at radius 1 is 1.00 bits per heavy atom. The molecule has 1 aromatic rings. The predicted molar refractivity (Wildman–Crippen MR) is 68.4 cm³/mol. The van der Waals surface area contributed by atoms with Crippen molar-refractivity contribution in [2.75, 3.05) is 0 Å². The molecule has 0 spiro atoms. The Morgan fingerprint density at radius 3 is 2.28 bits per heavy atom. The zero-order valence-electron chi connectivity index (χ0n) is 10.2. The first-order valence-electron chi connectivity index (χ1n) is 6.85. The first-order valence-corrected chi connectivity index (χ1v) is 6.85. The van der Waals surface area contributed by atoms with Gasteiger partial charge < -0.3 is 14.4 Å². The van der Waals surface area contributed by atoms with Crippen molar-refractivity contribution in [1.82, 2.24) is 0 Å². The SMILES string of the molecule is OC1CC2CC3OB(c4ccccc4)OC(C2)C13. The van der Waals surface area contributed by atoms with Gasteiger partial charge in [-0.05, 0) is 30.6 Å². The number of aliphatic hydroxyl groups excluding tert-OH is 1. The van der Waals surface area contributed by atoms with Crippen molar-refractivity contribution in [2.45, 2.75) is 37.6 Å². The normalized spacial score (nSPS) is 42.1. The highest BCUT2D eigenvalue weighted by Gasteiger charge is 2.53. The molecule has 1 saturated heterocycles. The van der Waals surface area contributed by atoms with E-state index in [1.807, 2.05) is 30.3 Å². The van der Waals surface area contributed by atoms with Crippen LogP contribution in [0.5, 0.6) is 0 Å². The van der Waals surface area contributed by atoms with Crippen LogP contribution in [0.1, 0.15) is 19.3 Å². The first kappa shape index (κ1) is 11.0. The second kappa shape index (κ2) is 4.09. The summed E-state index contributed by atoms with van der Waals surface area (Å²) < 4.78 is 12.1. The van der Waals surface area contributed by atoms with Gasteiger partial charge in [-0.3, -0.25) is 0 Å². The lowest BCUT2D eigenvalue weighted by atomic mass is 9.62. The van der Waals surface area contributed by atoms with Gasteiger partial charge in [-0.15, -0.1) is 0 Å². The molecule has 0 aromatic heterocycles. The van der Waals surface area contributed by atoms with E-state index in [-0.39, 0.29) is 31.3 Å². The quantitative estimate of drug-likeness (QED) is 0.748. The van der Waals surface area contributed by atoms with Gasteiger partial charge in [-0.25, -0.2) is 0 Å². The van der Waals surface area contributed by atoms with Crippen LogP contribution in [0.3, 0.4) is 0 Å². The summed E-state index contributed by atoms with van der Waals surface area (Å²) in [6.45, 7) is 0. The van der Waals surface area contributed by atoms with Gasteiger partial charge >= 0.3 is 7.12 Å². The van der Waals surface area contributed by atoms with E-state index in [0.717, 1.165) is 24.7 Å². The van der Waals surface area contributed by atoms with Crippen molar-refractivity contribution in [3.63, 3.8) is 0 Å². The third-order valence-corrected chi connectivity index (χ3v) is 4.68. The van der Waals surface area contributed by atoms with Crippen LogP contribution in [0, 0.1) is 11.8 Å². The molecule has 0 radical (unpaired) electrons. The molecular weight excluding hydrogens is 227 g/mol. The molecule has 3 unspecified atom stereocenters. The average molecular weight is 244 g/mol. The third kappa shape index (κ3) is 1.63. The summed E-state index contributed by atoms with van der Waals surface area (Å²) in [6, 6.07) is 10.1. The molecule has 4 aliphatic rings. The summed E-state index contributed by atoms with van der Waals surface area (Å²) in [7, 11) is -0.247. The molecule has 1 heterocycles. The highest BCUT2D eigenvalue weighted by atomic mass is 16.6. The number of hydrogen-bond acceptors (Lipinski definition) is 3. The zero-order valence-corrected chi connectivity index (χ0v) is 10.2. The van der Waals surface area contributed by atoms with Gasteiger partial charge in [-0.2, -0.15) is 0 Å². The Bertz CT molecular complexity index is 422. The van der Waals surface area contributed by atoms with Crippen molar-refractivity contribution in [2.24, 2.45) is 11.8 Å². The minimum absolute atomic E-state index is 0.177. The second-order valence-corrected chi connectivity index (χ2v) is 5.81. The van der Waals surface area contributed by atoms with Gasteiger partial charge in [0.25, 0.3) is 0 Å². The maximum Gasteiger partial charge on any atom is 0.494 e. The topological polar surface area (TPSA) is 38.7 Å². The molecule has 0 amide bonds. The molecule has 5 rings (SSSR count). The molecule has 18 heavy (non-hydrogen) atoms. The van der Waals surface area contributed by atoms with Crippen LogP contribution in [0.2, 0.25) is 0 Å². The van der Waals surface area contributed by atoms with Crippen LogP contribution in [-0.4, -0.2) is 30.5 Å². The number of fused-ring (bicyclic) bond motifs is 1. The Kier molecular flexibility index (Phi) is 2.50. The molecule has 1 aromatic carbocycles. The summed E-state index contributed by atoms with van der Waals surface area (Å²) in [5.41, 5.74) is 1.08. The minimum Gasteiger partial charge on any atom is -0.404 e. The molecule has 1 aliphatic heterocycles. The van der Waals surface area contributed by atoms with E-state index in [2.05, 4.69) is 0 Å². The highest BCUT2D eigenvalue weighted by molar-refractivity contribution is 6.61. The Hall–Kier alpha value is -0.835. The van der Waals surface area contributed by atoms with Crippen molar-refractivity contribution < 1.29 is 14.4 Å². The molecular formula is C14H17BO3. The summed E-state index contributed by atoms with van der Waals surface area (Å²) in [5.74, 6) is 0.770. The van der Waals surface area contributed by atoms with Crippen molar-refractivity contribution >= 4 is 12.6 Å². The molecule has 3 nitrogen and oxygen atoms in total. The molecule has 1 N–H and O–H groups in total. The maximum atomic E-state index is 10.1. The van der Waals surface area contributed by atoms with Gasteiger partial charge in [0.2, 0.25) is 0 Å². The molecule has 94 valence electrons. The average Bonchev–Trinajstić information content (AvgIpc) is 2.38. The van der Waals surface area contributed by atoms with E-state index >= 15 is 0 Å². The fourth-order valence-electron chi connectivity index (χ4n) is 3.90. The third-order valence-electron chi connectivity index (χ3n) is 4.68. The van der Waals surface area contributed by atoms with E-state index in [9.17, 15) is 5.11 Å². The molecule has 3 aliphatic carbocycles. The lowest BCUT2D eigenvalue weighted by Gasteiger charge is -2.54. The van der Waals surface area contributed by atoms with Crippen LogP contribution < -0.4 is 5.46 Å². The van der Waals surface area contributed by atoms with Crippen molar-refractivity contribution in [3.8, 4) is 0 Å². The van der Waals surface area contributed by atoms with E-state index < -0.39 is 0 Å². The molecule has 4 heteroatoms. The van der Waals surface area contributed by atoms with Crippen LogP contribution in [0.25, 0.3) is 0 Å². The molecule has 3 saturated carbocycles. The number of benzene rings is 1. The van der Waals surface area contributed by atoms with Crippen molar-refractivity contribution in [3.05, 3.63) is 30.3 Å². The largest absolute Gasteiger partial charge is 0.494 e. The zero-order chi connectivity index (χ0) is 12.1. The lowest BCUT2D eigenvalue weighted by Crippen LogP contribution is -2.63. The molecule has 4 bridgehead atoms. The van der Waals surface area contributed by atoms with Gasteiger partial charge in [-0.1, -0.05) is 30.3 Å². The van der Waals surface area contributed by atoms with E-state index in [0.29, 0.717) is 5.92 Å². The van der Waals surface area contributed by atoms with Crippen LogP contribution >= 0.6 is 0 Å². The predicted octanol–water partition coefficient (Wildman–Crippen LogP) is 0.957. The molecule has 4 fully saturated rings. The number of hydrogen-bond donors (Lipinski definition) is 1. The second-order valence-electron chi connectivity index (χ2n) is 5.81. The fourth-order valence-corrected chi connectivity index (χ4v) is 3.90. The minimum atomic E-state index is -0.247. The Labute approximate surface area is 107 Å². The monoisotopic (exact) mass is 244 g/mol. The lowest BCUT2D eigenvalue weighted by molar-refractivity contribution is -0.164. The van der Waals surface area contributed by atoms with E-state index in [1.165, 1.54) is 0 Å². The summed E-state index contributed by atoms with van der Waals surface area (Å²) in [5, 5.41) is 10.1. The van der Waals surface area contributed by atoms with Crippen molar-refractivity contribution in [1.29, 1.82) is 0 Å². The van der Waals surface area contributed by atoms with Crippen LogP contribution in [0.15, 0.2) is 30.3 Å². The standard InChI is InChI=1S/C14H17BO3/c16-11-6-9-7-12-14(11)13(8-9)18-15(17-12)10-4-2-1-3-5-10/h1-5,9,11-14,16H,6-8H2. The highest BCUT2D eigenvalue weighted by Crippen LogP contribution is 2.46. The summed E-state index contributed by atoms with van der Waals surface area (Å²) >= 11 is 0. The fraction of sp³-hybridized carbons (Fsp3) is 0.571. The first-order chi connectivity index (χ1) is 8.81. The van der Waals surface area contributed by atoms with Crippen LogP contribution in [-0.2, 0) is 9.31 Å². The smallest absolute Gasteiger partial charge is 0.404 e. The van der Waals surface area contributed by atoms with Gasteiger partial charge in [0.05, 0.1) is 18.3 Å². The number of rotatable bonds is 1. The summed E-state index contributed by atoms with van der Waals surface area (Å²) in [6.07, 6.45) is 3.23. The Balaban J connectivity index is 1.59. The van der Waals surface area contributed by atoms with Gasteiger partial charge in [0.15, 0.2) is 0 Å². The number of aliphatic hydroxyl groups is 1. The summed E-state index contributed by atoms with van der Waals surface area (Å²) in [4.78, 5) is 0.